The largest absolute Gasteiger partial charge is 0.482 e. The van der Waals surface area contributed by atoms with E-state index in [1.807, 2.05) is 12.1 Å². The van der Waals surface area contributed by atoms with Gasteiger partial charge in [0.15, 0.2) is 6.61 Å². The molecule has 0 aliphatic carbocycles. The van der Waals surface area contributed by atoms with Crippen LogP contribution in [0.1, 0.15) is 17.7 Å². The van der Waals surface area contributed by atoms with Gasteiger partial charge in [-0.3, -0.25) is 10.1 Å². The Labute approximate surface area is 122 Å². The molecule has 0 bridgehead atoms. The van der Waals surface area contributed by atoms with Crippen molar-refractivity contribution in [2.45, 2.75) is 19.8 Å². The topological polar surface area (TPSA) is 76.4 Å². The summed E-state index contributed by atoms with van der Waals surface area (Å²) in [6, 6.07) is 7.54. The third kappa shape index (κ3) is 3.16. The number of hydrogen-bond donors (Lipinski definition) is 2. The van der Waals surface area contributed by atoms with Crippen LogP contribution in [-0.2, 0) is 11.2 Å². The highest BCUT2D eigenvalue weighted by Gasteiger charge is 2.14. The summed E-state index contributed by atoms with van der Waals surface area (Å²) < 4.78 is 10.5. The van der Waals surface area contributed by atoms with Gasteiger partial charge in [0.2, 0.25) is 5.88 Å². The Balaban J connectivity index is 1.61. The molecular formula is C15H17N3O3. The summed E-state index contributed by atoms with van der Waals surface area (Å²) in [6.07, 6.45) is 2.14. The molecule has 0 unspecified atom stereocenters. The summed E-state index contributed by atoms with van der Waals surface area (Å²) in [4.78, 5) is 11.8. The van der Waals surface area contributed by atoms with Crippen molar-refractivity contribution < 1.29 is 14.1 Å². The minimum Gasteiger partial charge on any atom is -0.482 e. The zero-order valence-corrected chi connectivity index (χ0v) is 11.8. The summed E-state index contributed by atoms with van der Waals surface area (Å²) in [7, 11) is 0. The average molecular weight is 287 g/mol. The molecule has 0 atom stereocenters. The maximum absolute atomic E-state index is 11.8. The van der Waals surface area contributed by atoms with Crippen molar-refractivity contribution in [3.05, 3.63) is 35.5 Å². The van der Waals surface area contributed by atoms with Crippen LogP contribution in [0.4, 0.5) is 11.6 Å². The number of aryl methyl sites for hydroxylation is 2. The van der Waals surface area contributed by atoms with E-state index in [9.17, 15) is 4.79 Å². The standard InChI is InChI=1S/C15H17N3O3/c1-10-8-14(21-18-10)17-13(19)9-20-12-6-2-4-11-5-3-7-16-15(11)12/h2,4,6,8,16H,3,5,7,9H2,1H3,(H,17,19). The van der Waals surface area contributed by atoms with Crippen LogP contribution in [-0.4, -0.2) is 24.2 Å². The quantitative estimate of drug-likeness (QED) is 0.902. The van der Waals surface area contributed by atoms with Crippen LogP contribution in [0, 0.1) is 6.92 Å². The summed E-state index contributed by atoms with van der Waals surface area (Å²) in [6.45, 7) is 2.65. The van der Waals surface area contributed by atoms with Crippen molar-refractivity contribution >= 4 is 17.5 Å². The van der Waals surface area contributed by atoms with Crippen LogP contribution in [0.2, 0.25) is 0 Å². The van der Waals surface area contributed by atoms with Crippen LogP contribution in [0.25, 0.3) is 0 Å². The van der Waals surface area contributed by atoms with E-state index in [0.29, 0.717) is 17.3 Å². The van der Waals surface area contributed by atoms with E-state index in [-0.39, 0.29) is 12.5 Å². The fourth-order valence-electron chi connectivity index (χ4n) is 2.34. The number of fused-ring (bicyclic) bond motifs is 1. The van der Waals surface area contributed by atoms with Gasteiger partial charge in [-0.15, -0.1) is 0 Å². The SMILES string of the molecule is Cc1cc(NC(=O)COc2cccc3c2NCCC3)on1. The smallest absolute Gasteiger partial charge is 0.264 e. The normalized spacial score (nSPS) is 13.2. The molecule has 1 aromatic carbocycles. The Bertz CT molecular complexity index is 651. The number of carbonyl (C=O) groups excluding carboxylic acids is 1. The van der Waals surface area contributed by atoms with Crippen molar-refractivity contribution in [2.75, 3.05) is 23.8 Å². The van der Waals surface area contributed by atoms with Crippen LogP contribution in [0.5, 0.6) is 5.75 Å². The molecule has 6 nitrogen and oxygen atoms in total. The molecule has 0 saturated carbocycles. The molecule has 21 heavy (non-hydrogen) atoms. The Morgan fingerprint density at radius 3 is 3.24 bits per heavy atom. The van der Waals surface area contributed by atoms with E-state index in [2.05, 4.69) is 21.9 Å². The molecule has 110 valence electrons. The highest BCUT2D eigenvalue weighted by atomic mass is 16.5. The Hall–Kier alpha value is -2.50. The number of ether oxygens (including phenoxy) is 1. The number of benzene rings is 1. The molecule has 2 N–H and O–H groups in total. The van der Waals surface area contributed by atoms with Crippen molar-refractivity contribution in [3.63, 3.8) is 0 Å². The van der Waals surface area contributed by atoms with Crippen molar-refractivity contribution in [1.29, 1.82) is 0 Å². The van der Waals surface area contributed by atoms with Gasteiger partial charge in [-0.25, -0.2) is 0 Å². The average Bonchev–Trinajstić information content (AvgIpc) is 2.90. The molecule has 0 fully saturated rings. The van der Waals surface area contributed by atoms with Gasteiger partial charge in [-0.2, -0.15) is 0 Å². The molecular weight excluding hydrogens is 270 g/mol. The Kier molecular flexibility index (Phi) is 3.77. The summed E-state index contributed by atoms with van der Waals surface area (Å²) in [5, 5.41) is 9.63. The molecule has 0 spiro atoms. The molecule has 6 heteroatoms. The zero-order chi connectivity index (χ0) is 14.7. The van der Waals surface area contributed by atoms with Gasteiger partial charge < -0.3 is 14.6 Å². The molecule has 1 aliphatic heterocycles. The van der Waals surface area contributed by atoms with Gasteiger partial charge in [-0.05, 0) is 31.4 Å². The molecule has 1 amide bonds. The second kappa shape index (κ2) is 5.87. The number of nitrogens with zero attached hydrogens (tertiary/aromatic N) is 1. The third-order valence-electron chi connectivity index (χ3n) is 3.29. The number of hydrogen-bond acceptors (Lipinski definition) is 5. The molecule has 2 heterocycles. The predicted octanol–water partition coefficient (Wildman–Crippen LogP) is 2.36. The Morgan fingerprint density at radius 2 is 2.43 bits per heavy atom. The lowest BCUT2D eigenvalue weighted by Gasteiger charge is -2.20. The van der Waals surface area contributed by atoms with Crippen molar-refractivity contribution in [3.8, 4) is 5.75 Å². The maximum Gasteiger partial charge on any atom is 0.264 e. The van der Waals surface area contributed by atoms with Crippen LogP contribution in [0.15, 0.2) is 28.8 Å². The summed E-state index contributed by atoms with van der Waals surface area (Å²) >= 11 is 0. The van der Waals surface area contributed by atoms with Gasteiger partial charge in [-0.1, -0.05) is 17.3 Å². The highest BCUT2D eigenvalue weighted by Crippen LogP contribution is 2.31. The molecule has 0 radical (unpaired) electrons. The Morgan fingerprint density at radius 1 is 1.52 bits per heavy atom. The zero-order valence-electron chi connectivity index (χ0n) is 11.8. The number of amides is 1. The summed E-state index contributed by atoms with van der Waals surface area (Å²) in [5.41, 5.74) is 2.93. The first-order valence-corrected chi connectivity index (χ1v) is 6.94. The van der Waals surface area contributed by atoms with E-state index >= 15 is 0 Å². The lowest BCUT2D eigenvalue weighted by molar-refractivity contribution is -0.118. The minimum atomic E-state index is -0.278. The van der Waals surface area contributed by atoms with Gasteiger partial charge in [0.05, 0.1) is 11.4 Å². The highest BCUT2D eigenvalue weighted by molar-refractivity contribution is 5.90. The van der Waals surface area contributed by atoms with E-state index in [0.717, 1.165) is 25.1 Å². The van der Waals surface area contributed by atoms with Gasteiger partial charge in [0, 0.05) is 12.6 Å². The monoisotopic (exact) mass is 287 g/mol. The molecule has 2 aromatic rings. The minimum absolute atomic E-state index is 0.0715. The van der Waals surface area contributed by atoms with Gasteiger partial charge >= 0.3 is 0 Å². The molecule has 1 aromatic heterocycles. The van der Waals surface area contributed by atoms with Gasteiger partial charge in [0.1, 0.15) is 5.75 Å². The number of para-hydroxylation sites is 1. The number of carbonyl (C=O) groups is 1. The second-order valence-corrected chi connectivity index (χ2v) is 4.99. The van der Waals surface area contributed by atoms with Crippen LogP contribution < -0.4 is 15.4 Å². The first-order valence-electron chi connectivity index (χ1n) is 6.94. The second-order valence-electron chi connectivity index (χ2n) is 4.99. The number of anilines is 2. The molecule has 1 aliphatic rings. The first kappa shape index (κ1) is 13.5. The lowest BCUT2D eigenvalue weighted by atomic mass is 10.0. The predicted molar refractivity (Wildman–Crippen MR) is 78.6 cm³/mol. The molecule has 3 rings (SSSR count). The van der Waals surface area contributed by atoms with Gasteiger partial charge in [0.25, 0.3) is 5.91 Å². The maximum atomic E-state index is 11.8. The van der Waals surface area contributed by atoms with Crippen LogP contribution in [0.3, 0.4) is 0 Å². The number of nitrogens with one attached hydrogen (secondary N) is 2. The lowest BCUT2D eigenvalue weighted by Crippen LogP contribution is -2.21. The number of aromatic nitrogens is 1. The van der Waals surface area contributed by atoms with E-state index in [4.69, 9.17) is 9.26 Å². The van der Waals surface area contributed by atoms with E-state index < -0.39 is 0 Å². The van der Waals surface area contributed by atoms with Crippen molar-refractivity contribution in [2.24, 2.45) is 0 Å². The first-order chi connectivity index (χ1) is 10.2. The number of rotatable bonds is 4. The third-order valence-corrected chi connectivity index (χ3v) is 3.29. The van der Waals surface area contributed by atoms with E-state index in [1.54, 1.807) is 13.0 Å². The van der Waals surface area contributed by atoms with E-state index in [1.165, 1.54) is 5.56 Å². The van der Waals surface area contributed by atoms with Crippen molar-refractivity contribution in [1.82, 2.24) is 5.16 Å². The van der Waals surface area contributed by atoms with Crippen LogP contribution >= 0.6 is 0 Å². The summed E-state index contributed by atoms with van der Waals surface area (Å²) in [5.74, 6) is 0.755. The fraction of sp³-hybridized carbons (Fsp3) is 0.333. The molecule has 0 saturated heterocycles. The fourth-order valence-corrected chi connectivity index (χ4v) is 2.34.